The number of allylic oxidation sites excluding steroid dienone is 28. The molecule has 123 heavy (non-hydrogen) atoms. The zero-order valence-electron chi connectivity index (χ0n) is 78.1. The first kappa shape index (κ1) is 118. The van der Waals surface area contributed by atoms with Gasteiger partial charge in [0.2, 0.25) is 0 Å². The highest BCUT2D eigenvalue weighted by atomic mass is 31.2. The fourth-order valence-electron chi connectivity index (χ4n) is 13.5. The maximum absolute atomic E-state index is 13.1. The number of ether oxygens (including phenoxy) is 3. The molecular weight excluding hydrogens is 1580 g/mol. The van der Waals surface area contributed by atoms with E-state index >= 15 is 0 Å². The molecule has 18 heteroatoms. The van der Waals surface area contributed by atoms with Crippen LogP contribution in [0.4, 0.5) is 0 Å². The second kappa shape index (κ2) is 96.0. The molecule has 0 aliphatic heterocycles. The van der Waals surface area contributed by atoms with E-state index in [0.717, 1.165) is 167 Å². The first-order valence-electron chi connectivity index (χ1n) is 49.4. The molecule has 0 aromatic rings. The lowest BCUT2D eigenvalue weighted by Crippen LogP contribution is -2.30. The van der Waals surface area contributed by atoms with Crippen molar-refractivity contribution < 1.29 is 75.8 Å². The predicted octanol–water partition coefficient (Wildman–Crippen LogP) is 31.0. The van der Waals surface area contributed by atoms with E-state index in [4.69, 9.17) is 32.3 Å². The van der Waals surface area contributed by atoms with Crippen molar-refractivity contribution >= 4 is 33.6 Å². The predicted molar refractivity (Wildman–Crippen MR) is 519 cm³/mol. The molecule has 0 aromatic carbocycles. The van der Waals surface area contributed by atoms with Gasteiger partial charge in [-0.2, -0.15) is 0 Å². The van der Waals surface area contributed by atoms with Crippen LogP contribution in [0.3, 0.4) is 0 Å². The highest BCUT2D eigenvalue weighted by molar-refractivity contribution is 7.47. The summed E-state index contributed by atoms with van der Waals surface area (Å²) in [5.41, 5.74) is 0. The summed E-state index contributed by atoms with van der Waals surface area (Å²) in [6.45, 7) is 2.48. The third-order valence-electron chi connectivity index (χ3n) is 20.9. The van der Waals surface area contributed by atoms with Gasteiger partial charge in [0.15, 0.2) is 6.10 Å². The molecule has 4 N–H and O–H groups in total. The Bertz CT molecular complexity index is 2920. The quantitative estimate of drug-likeness (QED) is 0.0146. The first-order valence-corrected chi connectivity index (χ1v) is 52.4. The maximum atomic E-state index is 13.1. The van der Waals surface area contributed by atoms with Gasteiger partial charge < -0.3 is 34.2 Å². The topological polar surface area (TPSA) is 231 Å². The van der Waals surface area contributed by atoms with Crippen molar-refractivity contribution in [3.05, 3.63) is 170 Å². The number of esters is 3. The van der Waals surface area contributed by atoms with Gasteiger partial charge in [-0.1, -0.05) is 416 Å². The molecule has 0 spiro atoms. The van der Waals surface area contributed by atoms with Crippen molar-refractivity contribution in [3.63, 3.8) is 0 Å². The summed E-state index contributed by atoms with van der Waals surface area (Å²) in [4.78, 5) is 59.1. The van der Waals surface area contributed by atoms with Gasteiger partial charge in [-0.05, 0) is 154 Å². The normalized spacial score (nSPS) is 14.4. The highest BCUT2D eigenvalue weighted by Crippen LogP contribution is 2.45. The van der Waals surface area contributed by atoms with Gasteiger partial charge >= 0.3 is 33.6 Å². The molecular formula is C105H180O16P2. The summed E-state index contributed by atoms with van der Waals surface area (Å²) in [5, 5.41) is 20.8. The molecule has 0 saturated heterocycles. The second-order valence-corrected chi connectivity index (χ2v) is 35.7. The van der Waals surface area contributed by atoms with E-state index < -0.39 is 91.5 Å². The van der Waals surface area contributed by atoms with Crippen molar-refractivity contribution in [1.29, 1.82) is 0 Å². The van der Waals surface area contributed by atoms with E-state index in [1.165, 1.54) is 193 Å². The summed E-state index contributed by atoms with van der Waals surface area (Å²) in [6.07, 6.45) is 125. The van der Waals surface area contributed by atoms with Crippen molar-refractivity contribution in [2.45, 2.75) is 437 Å². The minimum Gasteiger partial charge on any atom is -0.463 e. The van der Waals surface area contributed by atoms with Gasteiger partial charge in [0.25, 0.3) is 0 Å². The molecule has 0 rings (SSSR count). The van der Waals surface area contributed by atoms with Gasteiger partial charge in [-0.15, -0.1) is 0 Å². The minimum atomic E-state index is -4.95. The molecule has 0 aliphatic rings. The van der Waals surface area contributed by atoms with Crippen LogP contribution in [0.15, 0.2) is 170 Å². The average Bonchev–Trinajstić information content (AvgIpc) is 0.898. The van der Waals surface area contributed by atoms with Crippen LogP contribution in [0.5, 0.6) is 0 Å². The number of carbonyl (C=O) groups is 3. The van der Waals surface area contributed by atoms with Crippen molar-refractivity contribution in [2.75, 3.05) is 39.6 Å². The average molecular weight is 1760 g/mol. The smallest absolute Gasteiger partial charge is 0.463 e. The number of phosphoric ester groups is 2. The number of aliphatic hydroxyl groups is 2. The van der Waals surface area contributed by atoms with Crippen LogP contribution >= 0.6 is 15.6 Å². The van der Waals surface area contributed by atoms with Crippen LogP contribution in [0.25, 0.3) is 0 Å². The molecule has 706 valence electrons. The van der Waals surface area contributed by atoms with E-state index in [1.54, 1.807) is 0 Å². The first-order chi connectivity index (χ1) is 60.2. The monoisotopic (exact) mass is 1760 g/mol. The highest BCUT2D eigenvalue weighted by Gasteiger charge is 2.30. The zero-order valence-corrected chi connectivity index (χ0v) is 79.9. The fraction of sp³-hybridized carbons (Fsp3) is 0.705. The van der Waals surface area contributed by atoms with Crippen LogP contribution < -0.4 is 0 Å². The van der Waals surface area contributed by atoms with E-state index in [-0.39, 0.29) is 19.3 Å². The number of aliphatic hydroxyl groups excluding tert-OH is 2. The van der Waals surface area contributed by atoms with Crippen LogP contribution in [0, 0.1) is 0 Å². The Kier molecular flexibility index (Phi) is 92.0. The SMILES string of the molecule is CC/C=C\C/C=C\C/C=C\C/C=C\C/C=C\CCCCCCCCCCCCCCCCCCCCCC(=O)OCC(O)COP(=O)(O)OCC(O)COP(=O)(O)OCC(COC(=O)CCCCCCCCCCCCC/C=C\C/C=C\C/C=C\C/C=C\C/C=C\CC)OC(=O)CCCCCCCCCCC/C=C\C/C=C\C/C=C\C/C=C\CCCCC. The molecule has 0 aromatic heterocycles. The van der Waals surface area contributed by atoms with Crippen LogP contribution in [0.1, 0.15) is 419 Å². The van der Waals surface area contributed by atoms with Crippen molar-refractivity contribution in [2.24, 2.45) is 0 Å². The van der Waals surface area contributed by atoms with Crippen molar-refractivity contribution in [1.82, 2.24) is 0 Å². The van der Waals surface area contributed by atoms with Gasteiger partial charge in [-0.25, -0.2) is 9.13 Å². The lowest BCUT2D eigenvalue weighted by Gasteiger charge is -2.21. The third-order valence-corrected chi connectivity index (χ3v) is 22.8. The van der Waals surface area contributed by atoms with Crippen LogP contribution in [0.2, 0.25) is 0 Å². The fourth-order valence-corrected chi connectivity index (χ4v) is 15.1. The van der Waals surface area contributed by atoms with E-state index in [1.807, 2.05) is 0 Å². The number of hydrogen-bond acceptors (Lipinski definition) is 14. The van der Waals surface area contributed by atoms with E-state index in [0.29, 0.717) is 19.3 Å². The molecule has 5 atom stereocenters. The van der Waals surface area contributed by atoms with Gasteiger partial charge in [0.05, 0.1) is 26.4 Å². The number of carbonyl (C=O) groups excluding carboxylic acids is 3. The van der Waals surface area contributed by atoms with E-state index in [2.05, 4.69) is 191 Å². The molecule has 0 amide bonds. The summed E-state index contributed by atoms with van der Waals surface area (Å²) >= 11 is 0. The zero-order chi connectivity index (χ0) is 89.3. The van der Waals surface area contributed by atoms with Gasteiger partial charge in [0, 0.05) is 19.3 Å². The minimum absolute atomic E-state index is 0.0935. The summed E-state index contributed by atoms with van der Waals surface area (Å²) in [7, 11) is -9.82. The van der Waals surface area contributed by atoms with E-state index in [9.17, 15) is 43.5 Å². The molecule has 0 heterocycles. The summed E-state index contributed by atoms with van der Waals surface area (Å²) in [6, 6.07) is 0. The Balaban J connectivity index is 4.57. The Morgan fingerprint density at radius 3 is 0.683 bits per heavy atom. The summed E-state index contributed by atoms with van der Waals surface area (Å²) < 4.78 is 61.6. The molecule has 0 radical (unpaired) electrons. The molecule has 0 saturated carbocycles. The maximum Gasteiger partial charge on any atom is 0.472 e. The van der Waals surface area contributed by atoms with Gasteiger partial charge in [-0.3, -0.25) is 32.5 Å². The number of rotatable bonds is 93. The number of hydrogen-bond donors (Lipinski definition) is 4. The molecule has 0 fully saturated rings. The molecule has 16 nitrogen and oxygen atoms in total. The van der Waals surface area contributed by atoms with Crippen molar-refractivity contribution in [3.8, 4) is 0 Å². The third kappa shape index (κ3) is 97.4. The van der Waals surface area contributed by atoms with Crippen LogP contribution in [-0.2, 0) is 55.8 Å². The Morgan fingerprint density at radius 1 is 0.236 bits per heavy atom. The van der Waals surface area contributed by atoms with Crippen LogP contribution in [-0.4, -0.2) is 95.9 Å². The largest absolute Gasteiger partial charge is 0.472 e. The molecule has 0 aliphatic carbocycles. The van der Waals surface area contributed by atoms with Gasteiger partial charge in [0.1, 0.15) is 25.4 Å². The Hall–Kier alpha value is -5.09. The lowest BCUT2D eigenvalue weighted by molar-refractivity contribution is -0.161. The lowest BCUT2D eigenvalue weighted by atomic mass is 10.0. The molecule has 5 unspecified atom stereocenters. The standard InChI is InChI=1S/C105H180O16P2/c1-4-7-10-13-16-19-22-25-28-31-34-37-40-43-45-46-47-48-49-50-51-52-54-57-58-61-64-67-70-73-76-79-82-85-88-91-103(108)115-94-100(106)95-117-122(111,112)118-96-101(107)97-119-123(113,114)120-99-102(121-105(110)93-90-87-84-81-78-75-72-69-66-63-60-55-42-39-36-33-30-27-24-21-18-15-12-9-6-3)98-116-104(109)92-89-86-83-80-77-74-71-68-65-62-59-56-53-44-41-38-35-32-29-26-23-20-17-14-11-8-5-2/h7-8,10-11,16-21,25-30,34-39,43-45,53,55,60,100-102,106-107H,4-6,9,12-15,22-24,31-33,40-42,46-52,54,56-59,61-99H2,1-3H3,(H,111,112)(H,113,114)/b10-7-,11-8-,19-16-,20-17-,21-18-,28-25-,29-26-,30-27-,37-34-,38-35-,39-36-,45-43-,53-44-,60-55-. The number of unbranched alkanes of at least 4 members (excludes halogenated alkanes) is 42. The Labute approximate surface area is 752 Å². The second-order valence-electron chi connectivity index (χ2n) is 32.8. The number of phosphoric acid groups is 2. The summed E-state index contributed by atoms with van der Waals surface area (Å²) in [5.74, 6) is -1.57. The Morgan fingerprint density at radius 2 is 0.431 bits per heavy atom. The molecule has 0 bridgehead atoms.